The number of amides is 2. The van der Waals surface area contributed by atoms with Gasteiger partial charge < -0.3 is 10.6 Å². The number of hydrogen-bond donors (Lipinski definition) is 3. The summed E-state index contributed by atoms with van der Waals surface area (Å²) in [6.07, 6.45) is -5.88. The van der Waals surface area contributed by atoms with Gasteiger partial charge in [0, 0.05) is 29.2 Å². The summed E-state index contributed by atoms with van der Waals surface area (Å²) < 4.78 is 70.0. The predicted octanol–water partition coefficient (Wildman–Crippen LogP) is 3.07. The average Bonchev–Trinajstić information content (AvgIpc) is 2.66. The molecule has 2 aliphatic heterocycles. The minimum Gasteiger partial charge on any atom is -0.349 e. The first-order valence-corrected chi connectivity index (χ1v) is 10.1. The van der Waals surface area contributed by atoms with Gasteiger partial charge in [-0.15, -0.1) is 13.2 Å². The largest absolute Gasteiger partial charge is 0.524 e. The van der Waals surface area contributed by atoms with E-state index in [0.717, 1.165) is 6.07 Å². The van der Waals surface area contributed by atoms with E-state index in [0.29, 0.717) is 18.1 Å². The van der Waals surface area contributed by atoms with Crippen molar-refractivity contribution in [2.45, 2.75) is 51.9 Å². The summed E-state index contributed by atoms with van der Waals surface area (Å²) in [7, 11) is 0. The molecule has 1 saturated heterocycles. The van der Waals surface area contributed by atoms with Crippen LogP contribution in [0.5, 0.6) is 0 Å². The Morgan fingerprint density at radius 2 is 1.94 bits per heavy atom. The van der Waals surface area contributed by atoms with Gasteiger partial charge in [0.15, 0.2) is 0 Å². The van der Waals surface area contributed by atoms with E-state index < -0.39 is 60.0 Å². The molecule has 6 nitrogen and oxygen atoms in total. The van der Waals surface area contributed by atoms with Crippen molar-refractivity contribution in [2.75, 3.05) is 6.54 Å². The van der Waals surface area contributed by atoms with Crippen LogP contribution in [0.3, 0.4) is 0 Å². The van der Waals surface area contributed by atoms with Gasteiger partial charge in [-0.2, -0.15) is 0 Å². The van der Waals surface area contributed by atoms with Gasteiger partial charge in [0.1, 0.15) is 17.9 Å². The van der Waals surface area contributed by atoms with Crippen LogP contribution in [-0.2, 0) is 14.3 Å². The highest BCUT2D eigenvalue weighted by Gasteiger charge is 2.47. The van der Waals surface area contributed by atoms with Crippen LogP contribution in [0.1, 0.15) is 38.8 Å². The molecule has 0 radical (unpaired) electrons. The fourth-order valence-corrected chi connectivity index (χ4v) is 4.39. The van der Waals surface area contributed by atoms with Crippen LogP contribution < -0.4 is 16.0 Å². The zero-order valence-electron chi connectivity index (χ0n) is 17.6. The minimum atomic E-state index is -4.88. The van der Waals surface area contributed by atoms with Crippen LogP contribution in [-0.4, -0.2) is 37.0 Å². The first-order valence-electron chi connectivity index (χ1n) is 10.1. The van der Waals surface area contributed by atoms with Gasteiger partial charge in [-0.25, -0.2) is 8.78 Å². The van der Waals surface area contributed by atoms with Crippen LogP contribution in [0.15, 0.2) is 29.3 Å². The maximum absolute atomic E-state index is 14.0. The van der Waals surface area contributed by atoms with E-state index >= 15 is 0 Å². The summed E-state index contributed by atoms with van der Waals surface area (Å²) in [5.74, 6) is -4.61. The molecule has 3 N–H and O–H groups in total. The molecule has 0 saturated carbocycles. The molecule has 0 aromatic heterocycles. The molecule has 176 valence electrons. The van der Waals surface area contributed by atoms with Crippen molar-refractivity contribution < 1.29 is 36.3 Å². The van der Waals surface area contributed by atoms with E-state index in [1.807, 2.05) is 0 Å². The van der Waals surface area contributed by atoms with Crippen LogP contribution in [0, 0.1) is 23.5 Å². The fourth-order valence-electron chi connectivity index (χ4n) is 4.39. The number of halogens is 5. The predicted molar refractivity (Wildman–Crippen MR) is 104 cm³/mol. The summed E-state index contributed by atoms with van der Waals surface area (Å²) in [6, 6.07) is 1.56. The molecule has 0 aliphatic carbocycles. The van der Waals surface area contributed by atoms with E-state index in [4.69, 9.17) is 0 Å². The van der Waals surface area contributed by atoms with Gasteiger partial charge in [0.25, 0.3) is 0 Å². The second kappa shape index (κ2) is 9.14. The van der Waals surface area contributed by atoms with E-state index in [2.05, 4.69) is 20.7 Å². The topological polar surface area (TPSA) is 79.5 Å². The van der Waals surface area contributed by atoms with Gasteiger partial charge >= 0.3 is 6.36 Å². The lowest BCUT2D eigenvalue weighted by atomic mass is 9.77. The van der Waals surface area contributed by atoms with Crippen molar-refractivity contribution in [3.63, 3.8) is 0 Å². The second-order valence-electron chi connectivity index (χ2n) is 8.05. The number of ether oxygens (including phenoxy) is 1. The monoisotopic (exact) mass is 461 g/mol. The molecule has 5 atom stereocenters. The molecule has 1 aromatic carbocycles. The zero-order valence-corrected chi connectivity index (χ0v) is 17.6. The highest BCUT2D eigenvalue weighted by molar-refractivity contribution is 6.01. The smallest absolute Gasteiger partial charge is 0.349 e. The van der Waals surface area contributed by atoms with Crippen molar-refractivity contribution in [1.82, 2.24) is 16.0 Å². The van der Waals surface area contributed by atoms with Crippen LogP contribution >= 0.6 is 0 Å². The molecular weight excluding hydrogens is 437 g/mol. The van der Waals surface area contributed by atoms with E-state index in [9.17, 15) is 31.5 Å². The third kappa shape index (κ3) is 5.09. The highest BCUT2D eigenvalue weighted by Crippen LogP contribution is 2.36. The van der Waals surface area contributed by atoms with Gasteiger partial charge in [-0.05, 0) is 39.8 Å². The lowest BCUT2D eigenvalue weighted by Crippen LogP contribution is -2.60. The number of nitrogens with one attached hydrogen (secondary N) is 3. The summed E-state index contributed by atoms with van der Waals surface area (Å²) in [5, 5.41) is 7.93. The minimum absolute atomic E-state index is 0.0370. The summed E-state index contributed by atoms with van der Waals surface area (Å²) in [4.78, 5) is 25.5. The molecule has 3 unspecified atom stereocenters. The Hall–Kier alpha value is -2.53. The normalized spacial score (nSPS) is 25.6. The number of piperidine rings is 1. The number of rotatable bonds is 5. The standard InChI is InChI=1S/C21H24F5N3O3/c1-9-16(10(2)18(30)28-11(3)13-5-4-12(22)8-14(13)23)19(31)29-15-6-7-27-20(17(9)15)32-21(24,25)26/h4-5,8,10-11,15,17,20,27H,6-7H2,1-3H3,(H,28,30)(H,29,31)/t10-,11-,15?,17?,20?/m0/s1. The Balaban J connectivity index is 1.83. The van der Waals surface area contributed by atoms with Crippen LogP contribution in [0.25, 0.3) is 0 Å². The highest BCUT2D eigenvalue weighted by atomic mass is 19.4. The quantitative estimate of drug-likeness (QED) is 0.589. The third-order valence-corrected chi connectivity index (χ3v) is 5.92. The van der Waals surface area contributed by atoms with Crippen LogP contribution in [0.2, 0.25) is 0 Å². The molecule has 3 rings (SSSR count). The van der Waals surface area contributed by atoms with Gasteiger partial charge in [0.2, 0.25) is 11.8 Å². The molecule has 11 heteroatoms. The Labute approximate surface area is 181 Å². The SMILES string of the molecule is CC1=C([C@H](C)C(=O)N[C@@H](C)c2ccc(F)cc2F)C(=O)NC2CCNC(OC(F)(F)F)C12. The molecular formula is C21H24F5N3O3. The number of alkyl halides is 3. The first kappa shape index (κ1) is 24.1. The molecule has 2 aliphatic rings. The Morgan fingerprint density at radius 1 is 1.25 bits per heavy atom. The van der Waals surface area contributed by atoms with Crippen molar-refractivity contribution in [3.05, 3.63) is 46.5 Å². The number of carbonyl (C=O) groups is 2. The first-order chi connectivity index (χ1) is 14.9. The summed E-state index contributed by atoms with van der Waals surface area (Å²) in [6.45, 7) is 4.68. The zero-order chi connectivity index (χ0) is 23.8. The van der Waals surface area contributed by atoms with Crippen molar-refractivity contribution in [3.8, 4) is 0 Å². The number of hydrogen-bond acceptors (Lipinski definition) is 4. The molecule has 0 spiro atoms. The number of benzene rings is 1. The molecule has 0 bridgehead atoms. The maximum atomic E-state index is 14.0. The molecule has 32 heavy (non-hydrogen) atoms. The lowest BCUT2D eigenvalue weighted by Gasteiger charge is -2.43. The molecule has 1 fully saturated rings. The van der Waals surface area contributed by atoms with Gasteiger partial charge in [-0.1, -0.05) is 11.6 Å². The Kier molecular flexibility index (Phi) is 6.89. The van der Waals surface area contributed by atoms with Crippen molar-refractivity contribution >= 4 is 11.8 Å². The average molecular weight is 461 g/mol. The molecule has 2 amide bonds. The van der Waals surface area contributed by atoms with E-state index in [-0.39, 0.29) is 17.7 Å². The lowest BCUT2D eigenvalue weighted by molar-refractivity contribution is -0.353. The van der Waals surface area contributed by atoms with Crippen LogP contribution in [0.4, 0.5) is 22.0 Å². The third-order valence-electron chi connectivity index (χ3n) is 5.92. The summed E-state index contributed by atoms with van der Waals surface area (Å²) >= 11 is 0. The summed E-state index contributed by atoms with van der Waals surface area (Å²) in [5.41, 5.74) is 0.416. The number of carbonyl (C=O) groups excluding carboxylic acids is 2. The Bertz CT molecular complexity index is 934. The number of fused-ring (bicyclic) bond motifs is 1. The van der Waals surface area contributed by atoms with Crippen molar-refractivity contribution in [1.29, 1.82) is 0 Å². The second-order valence-corrected chi connectivity index (χ2v) is 8.05. The van der Waals surface area contributed by atoms with E-state index in [1.165, 1.54) is 26.8 Å². The fraction of sp³-hybridized carbons (Fsp3) is 0.524. The van der Waals surface area contributed by atoms with E-state index in [1.54, 1.807) is 0 Å². The van der Waals surface area contributed by atoms with Gasteiger partial charge in [0.05, 0.1) is 12.0 Å². The Morgan fingerprint density at radius 3 is 2.56 bits per heavy atom. The van der Waals surface area contributed by atoms with Gasteiger partial charge in [-0.3, -0.25) is 19.6 Å². The maximum Gasteiger partial charge on any atom is 0.524 e. The molecule has 2 heterocycles. The van der Waals surface area contributed by atoms with Crippen molar-refractivity contribution in [2.24, 2.45) is 11.8 Å². The molecule has 1 aromatic rings.